The minimum Gasteiger partial charge on any atom is -0.394 e. The lowest BCUT2D eigenvalue weighted by atomic mass is 10.2. The number of anilines is 1. The first-order valence-electron chi connectivity index (χ1n) is 11.6. The Balaban J connectivity index is 1.38. The van der Waals surface area contributed by atoms with Gasteiger partial charge in [0.2, 0.25) is 6.35 Å². The molecule has 3 aliphatic rings. The van der Waals surface area contributed by atoms with Crippen molar-refractivity contribution < 1.29 is 19.8 Å². The summed E-state index contributed by atoms with van der Waals surface area (Å²) in [6, 6.07) is 5.87. The standard InChI is InChI=1S/C23H25N7O4S/c31-11-14-2-1-7-29(14)22(33)18-6-5-17(35-18)15-9-19(25-13-3-4-13)30-20(26-15)12(10-24-30)8-16-21(32)28-23(34)27-16/h5-6,8-10,13-14,23,25,27,31,34H,1-4,7,11H2,(H,28,32)/b16-8-/t14-,23?/m0/s1. The Hall–Kier alpha value is -3.48. The number of likely N-dealkylation sites (tertiary alicyclic amines) is 1. The molecule has 11 nitrogen and oxygen atoms in total. The lowest BCUT2D eigenvalue weighted by molar-refractivity contribution is -0.117. The van der Waals surface area contributed by atoms with Gasteiger partial charge in [-0.2, -0.15) is 9.61 Å². The van der Waals surface area contributed by atoms with Gasteiger partial charge in [-0.1, -0.05) is 0 Å². The zero-order valence-corrected chi connectivity index (χ0v) is 19.6. The van der Waals surface area contributed by atoms with Crippen molar-refractivity contribution in [1.29, 1.82) is 0 Å². The quantitative estimate of drug-likeness (QED) is 0.318. The molecule has 3 fully saturated rings. The lowest BCUT2D eigenvalue weighted by Gasteiger charge is -2.22. The van der Waals surface area contributed by atoms with Crippen molar-refractivity contribution in [2.45, 2.75) is 44.1 Å². The monoisotopic (exact) mass is 495 g/mol. The molecule has 12 heteroatoms. The van der Waals surface area contributed by atoms with E-state index in [0.717, 1.165) is 36.4 Å². The van der Waals surface area contributed by atoms with Gasteiger partial charge in [0, 0.05) is 24.2 Å². The molecule has 0 aromatic carbocycles. The molecule has 3 aromatic heterocycles. The molecular weight excluding hydrogens is 470 g/mol. The van der Waals surface area contributed by atoms with Gasteiger partial charge in [-0.05, 0) is 43.9 Å². The third kappa shape index (κ3) is 4.13. The number of hydrogen-bond donors (Lipinski definition) is 5. The van der Waals surface area contributed by atoms with E-state index in [1.54, 1.807) is 21.7 Å². The third-order valence-electron chi connectivity index (χ3n) is 6.45. The minimum absolute atomic E-state index is 0.0260. The van der Waals surface area contributed by atoms with Crippen LogP contribution in [-0.4, -0.2) is 73.1 Å². The van der Waals surface area contributed by atoms with Crippen LogP contribution in [-0.2, 0) is 4.79 Å². The molecule has 182 valence electrons. The van der Waals surface area contributed by atoms with Crippen LogP contribution in [0.3, 0.4) is 0 Å². The van der Waals surface area contributed by atoms with Gasteiger partial charge in [-0.3, -0.25) is 9.59 Å². The number of rotatable bonds is 6. The maximum atomic E-state index is 13.1. The second-order valence-electron chi connectivity index (χ2n) is 9.00. The summed E-state index contributed by atoms with van der Waals surface area (Å²) in [6.07, 6.45) is 5.98. The maximum absolute atomic E-state index is 13.1. The van der Waals surface area contributed by atoms with Gasteiger partial charge in [0.1, 0.15) is 11.5 Å². The molecule has 5 N–H and O–H groups in total. The highest BCUT2D eigenvalue weighted by Crippen LogP contribution is 2.33. The second kappa shape index (κ2) is 8.63. The number of fused-ring (bicyclic) bond motifs is 1. The van der Waals surface area contributed by atoms with E-state index in [1.165, 1.54) is 11.3 Å². The van der Waals surface area contributed by atoms with Crippen molar-refractivity contribution in [3.8, 4) is 10.6 Å². The highest BCUT2D eigenvalue weighted by atomic mass is 32.1. The predicted molar refractivity (Wildman–Crippen MR) is 129 cm³/mol. The number of aliphatic hydroxyl groups excluding tert-OH is 2. The number of hydrogen-bond acceptors (Lipinski definition) is 9. The molecule has 0 spiro atoms. The molecule has 1 unspecified atom stereocenters. The van der Waals surface area contributed by atoms with Gasteiger partial charge in [0.15, 0.2) is 5.65 Å². The van der Waals surface area contributed by atoms with Crippen LogP contribution in [0.2, 0.25) is 0 Å². The fourth-order valence-electron chi connectivity index (χ4n) is 4.49. The van der Waals surface area contributed by atoms with Crippen molar-refractivity contribution in [3.63, 3.8) is 0 Å². The number of nitrogens with zero attached hydrogens (tertiary/aromatic N) is 4. The summed E-state index contributed by atoms with van der Waals surface area (Å²) in [6.45, 7) is 0.628. The van der Waals surface area contributed by atoms with E-state index < -0.39 is 12.3 Å². The molecule has 0 bridgehead atoms. The van der Waals surface area contributed by atoms with E-state index in [0.29, 0.717) is 34.4 Å². The van der Waals surface area contributed by atoms with Crippen LogP contribution in [0.1, 0.15) is 40.9 Å². The van der Waals surface area contributed by atoms with Crippen LogP contribution in [0.4, 0.5) is 5.82 Å². The molecule has 2 saturated heterocycles. The molecule has 1 saturated carbocycles. The fraction of sp³-hybridized carbons (Fsp3) is 0.391. The summed E-state index contributed by atoms with van der Waals surface area (Å²) < 4.78 is 1.70. The molecule has 2 aliphatic heterocycles. The number of aromatic nitrogens is 3. The van der Waals surface area contributed by atoms with Gasteiger partial charge in [0.25, 0.3) is 11.8 Å². The average molecular weight is 496 g/mol. The van der Waals surface area contributed by atoms with Gasteiger partial charge >= 0.3 is 0 Å². The topological polar surface area (TPSA) is 144 Å². The fourth-order valence-corrected chi connectivity index (χ4v) is 5.41. The minimum atomic E-state index is -1.13. The number of aliphatic hydroxyl groups is 2. The van der Waals surface area contributed by atoms with E-state index in [-0.39, 0.29) is 24.3 Å². The average Bonchev–Trinajstić information content (AvgIpc) is 3.24. The highest BCUT2D eigenvalue weighted by Gasteiger charge is 2.30. The molecule has 3 aromatic rings. The van der Waals surface area contributed by atoms with E-state index >= 15 is 0 Å². The largest absolute Gasteiger partial charge is 0.394 e. The van der Waals surface area contributed by atoms with Crippen molar-refractivity contribution >= 4 is 40.7 Å². The van der Waals surface area contributed by atoms with Gasteiger partial charge in [0.05, 0.1) is 34.3 Å². The molecule has 0 radical (unpaired) electrons. The first-order chi connectivity index (χ1) is 17.0. The second-order valence-corrected chi connectivity index (χ2v) is 10.1. The Morgan fingerprint density at radius 3 is 2.89 bits per heavy atom. The summed E-state index contributed by atoms with van der Waals surface area (Å²) in [7, 11) is 0. The summed E-state index contributed by atoms with van der Waals surface area (Å²) in [4.78, 5) is 33.1. The smallest absolute Gasteiger partial charge is 0.270 e. The molecule has 2 atom stereocenters. The Bertz CT molecular complexity index is 1340. The Labute approximate surface area is 204 Å². The summed E-state index contributed by atoms with van der Waals surface area (Å²) >= 11 is 1.37. The number of carbonyl (C=O) groups excluding carboxylic acids is 2. The van der Waals surface area contributed by atoms with Gasteiger partial charge in [-0.15, -0.1) is 11.3 Å². The Morgan fingerprint density at radius 1 is 1.29 bits per heavy atom. The van der Waals surface area contributed by atoms with Crippen LogP contribution >= 0.6 is 11.3 Å². The molecular formula is C23H25N7O4S. The predicted octanol–water partition coefficient (Wildman–Crippen LogP) is 0.965. The van der Waals surface area contributed by atoms with Gasteiger partial charge < -0.3 is 31.1 Å². The number of carbonyl (C=O) groups is 2. The number of amides is 2. The zero-order valence-electron chi connectivity index (χ0n) is 18.8. The maximum Gasteiger partial charge on any atom is 0.270 e. The van der Waals surface area contributed by atoms with Crippen LogP contribution < -0.4 is 16.0 Å². The van der Waals surface area contributed by atoms with E-state index in [9.17, 15) is 19.8 Å². The summed E-state index contributed by atoms with van der Waals surface area (Å²) in [5.74, 6) is 0.304. The number of nitrogens with one attached hydrogen (secondary N) is 3. The Kier molecular flexibility index (Phi) is 5.43. The van der Waals surface area contributed by atoms with Gasteiger partial charge in [-0.25, -0.2) is 4.98 Å². The normalized spacial score (nSPS) is 23.2. The van der Waals surface area contributed by atoms with Crippen LogP contribution in [0.25, 0.3) is 22.3 Å². The zero-order chi connectivity index (χ0) is 24.1. The first-order valence-corrected chi connectivity index (χ1v) is 12.5. The van der Waals surface area contributed by atoms with Crippen molar-refractivity contribution in [2.75, 3.05) is 18.5 Å². The van der Waals surface area contributed by atoms with Crippen LogP contribution in [0, 0.1) is 0 Å². The highest BCUT2D eigenvalue weighted by molar-refractivity contribution is 7.17. The molecule has 2 amide bonds. The van der Waals surface area contributed by atoms with Crippen molar-refractivity contribution in [3.05, 3.63) is 40.5 Å². The summed E-state index contributed by atoms with van der Waals surface area (Å²) in [5, 5.41) is 32.3. The lowest BCUT2D eigenvalue weighted by Crippen LogP contribution is -2.37. The molecule has 35 heavy (non-hydrogen) atoms. The number of thiophene rings is 1. The SMILES string of the molecule is O=C1NC(O)N/C1=C\c1cnn2c(NC3CC3)cc(-c3ccc(C(=O)N4CCC[C@H]4CO)s3)nc12. The van der Waals surface area contributed by atoms with E-state index in [2.05, 4.69) is 21.0 Å². The molecule has 1 aliphatic carbocycles. The summed E-state index contributed by atoms with van der Waals surface area (Å²) in [5.41, 5.74) is 2.08. The van der Waals surface area contributed by atoms with Crippen LogP contribution in [0.15, 0.2) is 30.1 Å². The first kappa shape index (κ1) is 22.0. The van der Waals surface area contributed by atoms with E-state index in [4.69, 9.17) is 4.98 Å². The Morgan fingerprint density at radius 2 is 2.14 bits per heavy atom. The van der Waals surface area contributed by atoms with E-state index in [1.807, 2.05) is 18.2 Å². The third-order valence-corrected chi connectivity index (χ3v) is 7.55. The van der Waals surface area contributed by atoms with Crippen LogP contribution in [0.5, 0.6) is 0 Å². The molecule has 6 rings (SSSR count). The van der Waals surface area contributed by atoms with Crippen molar-refractivity contribution in [2.24, 2.45) is 0 Å². The molecule has 5 heterocycles. The van der Waals surface area contributed by atoms with Crippen molar-refractivity contribution in [1.82, 2.24) is 30.1 Å².